The predicted octanol–water partition coefficient (Wildman–Crippen LogP) is 4.05. The van der Waals surface area contributed by atoms with Gasteiger partial charge in [-0.05, 0) is 68.8 Å². The van der Waals surface area contributed by atoms with Gasteiger partial charge in [0, 0.05) is 38.4 Å². The molecule has 0 aromatic rings. The van der Waals surface area contributed by atoms with E-state index in [1.165, 1.54) is 12.5 Å². The third kappa shape index (κ3) is 2.80. The summed E-state index contributed by atoms with van der Waals surface area (Å²) in [7, 11) is 3.44. The number of esters is 1. The number of carbonyl (C=O) groups excluding carboxylic acids is 2. The Morgan fingerprint density at radius 3 is 2.50 bits per heavy atom. The van der Waals surface area contributed by atoms with E-state index in [1.54, 1.807) is 14.2 Å². The molecule has 0 N–H and O–H groups in total. The van der Waals surface area contributed by atoms with Crippen molar-refractivity contribution >= 4 is 11.8 Å². The van der Waals surface area contributed by atoms with E-state index in [9.17, 15) is 9.59 Å². The van der Waals surface area contributed by atoms with Crippen LogP contribution in [-0.4, -0.2) is 38.4 Å². The molecule has 4 rings (SSSR count). The Morgan fingerprint density at radius 2 is 1.82 bits per heavy atom. The molecule has 3 fully saturated rings. The molecule has 28 heavy (non-hydrogen) atoms. The zero-order valence-corrected chi connectivity index (χ0v) is 17.7. The highest BCUT2D eigenvalue weighted by Gasteiger charge is 2.63. The molecule has 6 atom stereocenters. The molecule has 0 aliphatic heterocycles. The van der Waals surface area contributed by atoms with E-state index in [0.717, 1.165) is 44.9 Å². The van der Waals surface area contributed by atoms with Crippen LogP contribution in [-0.2, 0) is 23.8 Å². The molecular formula is C23H34O5. The van der Waals surface area contributed by atoms with Crippen LogP contribution in [0, 0.1) is 28.6 Å². The fourth-order valence-corrected chi connectivity index (χ4v) is 7.58. The van der Waals surface area contributed by atoms with Gasteiger partial charge in [-0.15, -0.1) is 0 Å². The summed E-state index contributed by atoms with van der Waals surface area (Å²) in [6.45, 7) is 3.86. The molecule has 0 radical (unpaired) electrons. The van der Waals surface area contributed by atoms with E-state index in [0.29, 0.717) is 24.2 Å². The van der Waals surface area contributed by atoms with Gasteiger partial charge in [0.05, 0.1) is 0 Å². The van der Waals surface area contributed by atoms with Gasteiger partial charge in [-0.1, -0.05) is 12.5 Å². The van der Waals surface area contributed by atoms with Gasteiger partial charge in [-0.3, -0.25) is 9.59 Å². The van der Waals surface area contributed by atoms with Crippen molar-refractivity contribution in [2.24, 2.45) is 28.6 Å². The molecule has 5 nitrogen and oxygen atoms in total. The van der Waals surface area contributed by atoms with E-state index in [4.69, 9.17) is 14.2 Å². The van der Waals surface area contributed by atoms with Gasteiger partial charge in [0.25, 0.3) is 0 Å². The molecule has 0 unspecified atom stereocenters. The van der Waals surface area contributed by atoms with Crippen molar-refractivity contribution in [3.63, 3.8) is 0 Å². The number of fused-ring (bicyclic) bond motifs is 5. The Morgan fingerprint density at radius 1 is 1.07 bits per heavy atom. The van der Waals surface area contributed by atoms with Crippen LogP contribution in [0.25, 0.3) is 0 Å². The monoisotopic (exact) mass is 390 g/mol. The van der Waals surface area contributed by atoms with Gasteiger partial charge in [-0.2, -0.15) is 0 Å². The standard InChI is InChI=1S/C23H34O5/c1-14(24)28-20-8-7-18-17-6-5-15-13-16(25)9-12-23(15,21(26-3)27-4)19(17)10-11-22(18,20)2/h13,17-21H,5-12H2,1-4H3/t17-,18-,19-,20+,22-,23-/m1/s1. The lowest BCUT2D eigenvalue weighted by Crippen LogP contribution is -2.57. The summed E-state index contributed by atoms with van der Waals surface area (Å²) in [4.78, 5) is 23.8. The summed E-state index contributed by atoms with van der Waals surface area (Å²) < 4.78 is 17.5. The van der Waals surface area contributed by atoms with Crippen molar-refractivity contribution < 1.29 is 23.8 Å². The van der Waals surface area contributed by atoms with Gasteiger partial charge in [0.15, 0.2) is 12.1 Å². The van der Waals surface area contributed by atoms with E-state index >= 15 is 0 Å². The van der Waals surface area contributed by atoms with Gasteiger partial charge in [0.2, 0.25) is 0 Å². The first-order valence-corrected chi connectivity index (χ1v) is 10.8. The number of hydrogen-bond acceptors (Lipinski definition) is 5. The minimum Gasteiger partial charge on any atom is -0.462 e. The third-order valence-corrected chi connectivity index (χ3v) is 8.63. The molecular weight excluding hydrogens is 356 g/mol. The Labute approximate surface area is 168 Å². The second-order valence-corrected chi connectivity index (χ2v) is 9.62. The fourth-order valence-electron chi connectivity index (χ4n) is 7.58. The summed E-state index contributed by atoms with van der Waals surface area (Å²) in [6, 6.07) is 0. The lowest BCUT2D eigenvalue weighted by Gasteiger charge is -2.60. The molecule has 0 saturated heterocycles. The Bertz CT molecular complexity index is 680. The second-order valence-electron chi connectivity index (χ2n) is 9.62. The Hall–Kier alpha value is -1.20. The van der Waals surface area contributed by atoms with Crippen LogP contribution in [0.15, 0.2) is 11.6 Å². The predicted molar refractivity (Wildman–Crippen MR) is 104 cm³/mol. The van der Waals surface area contributed by atoms with Crippen LogP contribution in [0.5, 0.6) is 0 Å². The van der Waals surface area contributed by atoms with Crippen molar-refractivity contribution in [1.82, 2.24) is 0 Å². The van der Waals surface area contributed by atoms with Crippen LogP contribution in [0.3, 0.4) is 0 Å². The maximum absolute atomic E-state index is 12.2. The zero-order valence-electron chi connectivity index (χ0n) is 17.7. The first kappa shape index (κ1) is 20.1. The number of ether oxygens (including phenoxy) is 3. The van der Waals surface area contributed by atoms with E-state index in [1.807, 2.05) is 6.08 Å². The molecule has 4 aliphatic rings. The molecule has 156 valence electrons. The molecule has 0 heterocycles. The minimum atomic E-state index is -0.310. The highest BCUT2D eigenvalue weighted by atomic mass is 16.7. The highest BCUT2D eigenvalue weighted by molar-refractivity contribution is 5.91. The van der Waals surface area contributed by atoms with E-state index in [2.05, 4.69) is 6.92 Å². The first-order chi connectivity index (χ1) is 13.4. The van der Waals surface area contributed by atoms with Gasteiger partial charge < -0.3 is 14.2 Å². The minimum absolute atomic E-state index is 0.0393. The van der Waals surface area contributed by atoms with Crippen molar-refractivity contribution in [3.05, 3.63) is 11.6 Å². The Kier molecular flexibility index (Phi) is 5.20. The fraction of sp³-hybridized carbons (Fsp3) is 0.826. The first-order valence-electron chi connectivity index (χ1n) is 10.8. The summed E-state index contributed by atoms with van der Waals surface area (Å²) in [5.74, 6) is 1.66. The second kappa shape index (κ2) is 7.24. The smallest absolute Gasteiger partial charge is 0.302 e. The van der Waals surface area contributed by atoms with Crippen LogP contribution < -0.4 is 0 Å². The molecule has 5 heteroatoms. The quantitative estimate of drug-likeness (QED) is 0.535. The molecule has 3 saturated carbocycles. The van der Waals surface area contributed by atoms with Crippen LogP contribution in [0.4, 0.5) is 0 Å². The molecule has 0 aromatic heterocycles. The summed E-state index contributed by atoms with van der Waals surface area (Å²) in [5, 5.41) is 0. The molecule has 0 spiro atoms. The molecule has 4 aliphatic carbocycles. The van der Waals surface area contributed by atoms with Crippen LogP contribution in [0.1, 0.15) is 65.2 Å². The van der Waals surface area contributed by atoms with Gasteiger partial charge in [-0.25, -0.2) is 0 Å². The maximum Gasteiger partial charge on any atom is 0.302 e. The van der Waals surface area contributed by atoms with E-state index < -0.39 is 0 Å². The molecule has 0 amide bonds. The number of ketones is 1. The van der Waals surface area contributed by atoms with Gasteiger partial charge in [0.1, 0.15) is 6.10 Å². The average molecular weight is 391 g/mol. The number of hydrogen-bond donors (Lipinski definition) is 0. The topological polar surface area (TPSA) is 61.8 Å². The average Bonchev–Trinajstić information content (AvgIpc) is 2.98. The third-order valence-electron chi connectivity index (χ3n) is 8.63. The van der Waals surface area contributed by atoms with Crippen LogP contribution >= 0.6 is 0 Å². The summed E-state index contributed by atoms with van der Waals surface area (Å²) in [6.07, 6.45) is 9.30. The van der Waals surface area contributed by atoms with Crippen molar-refractivity contribution in [1.29, 1.82) is 0 Å². The Balaban J connectivity index is 1.70. The maximum atomic E-state index is 12.2. The van der Waals surface area contributed by atoms with Crippen molar-refractivity contribution in [2.45, 2.75) is 77.6 Å². The summed E-state index contributed by atoms with van der Waals surface area (Å²) in [5.41, 5.74) is 1.12. The van der Waals surface area contributed by atoms with Crippen molar-refractivity contribution in [2.75, 3.05) is 14.2 Å². The molecule has 0 bridgehead atoms. The highest BCUT2D eigenvalue weighted by Crippen LogP contribution is 2.66. The van der Waals surface area contributed by atoms with E-state index in [-0.39, 0.29) is 35.0 Å². The lowest BCUT2D eigenvalue weighted by atomic mass is 9.46. The zero-order chi connectivity index (χ0) is 20.1. The number of rotatable bonds is 4. The summed E-state index contributed by atoms with van der Waals surface area (Å²) >= 11 is 0. The number of carbonyl (C=O) groups is 2. The normalized spacial score (nSPS) is 42.5. The lowest BCUT2D eigenvalue weighted by molar-refractivity contribution is -0.215. The number of methoxy groups -OCH3 is 2. The SMILES string of the molecule is COC(OC)[C@]12CCC(=O)C=C1CC[C@@H]1[C@H]3CC[C@H](OC(C)=O)[C@]3(C)CC[C@H]12. The van der Waals surface area contributed by atoms with Crippen LogP contribution in [0.2, 0.25) is 0 Å². The molecule has 0 aromatic carbocycles. The largest absolute Gasteiger partial charge is 0.462 e. The van der Waals surface area contributed by atoms with Gasteiger partial charge >= 0.3 is 5.97 Å². The van der Waals surface area contributed by atoms with Crippen molar-refractivity contribution in [3.8, 4) is 0 Å².